The topological polar surface area (TPSA) is 82.7 Å². The molecule has 7 nitrogen and oxygen atoms in total. The van der Waals surface area contributed by atoms with E-state index >= 15 is 0 Å². The fraction of sp³-hybridized carbons (Fsp3) is 0.500. The Bertz CT molecular complexity index is 688. The molecule has 4 heterocycles. The van der Waals surface area contributed by atoms with Gasteiger partial charge in [-0.25, -0.2) is 9.18 Å². The summed E-state index contributed by atoms with van der Waals surface area (Å²) in [6, 6.07) is 2.44. The van der Waals surface area contributed by atoms with Crippen LogP contribution in [-0.4, -0.2) is 49.1 Å². The van der Waals surface area contributed by atoms with Crippen LogP contribution in [0.3, 0.4) is 0 Å². The van der Waals surface area contributed by atoms with Crippen LogP contribution in [0.4, 0.5) is 20.6 Å². The van der Waals surface area contributed by atoms with Crippen LogP contribution >= 0.6 is 0 Å². The quantitative estimate of drug-likeness (QED) is 0.763. The van der Waals surface area contributed by atoms with Crippen molar-refractivity contribution in [1.82, 2.24) is 10.2 Å². The van der Waals surface area contributed by atoms with Gasteiger partial charge >= 0.3 is 6.03 Å². The van der Waals surface area contributed by atoms with Crippen molar-refractivity contribution in [1.29, 1.82) is 0 Å². The number of piperidine rings is 3. The van der Waals surface area contributed by atoms with Gasteiger partial charge in [-0.2, -0.15) is 0 Å². The van der Waals surface area contributed by atoms with Gasteiger partial charge in [0, 0.05) is 24.3 Å². The Balaban J connectivity index is 1.43. The van der Waals surface area contributed by atoms with Gasteiger partial charge in [0.1, 0.15) is 0 Å². The van der Waals surface area contributed by atoms with Crippen molar-refractivity contribution in [2.24, 2.45) is 5.92 Å². The van der Waals surface area contributed by atoms with Gasteiger partial charge in [-0.05, 0) is 37.9 Å². The molecule has 0 aliphatic carbocycles. The first-order valence-corrected chi connectivity index (χ1v) is 8.14. The number of rotatable bonds is 2. The van der Waals surface area contributed by atoms with E-state index in [1.54, 1.807) is 0 Å². The highest BCUT2D eigenvalue weighted by Gasteiger charge is 2.34. The van der Waals surface area contributed by atoms with E-state index in [9.17, 15) is 14.0 Å². The van der Waals surface area contributed by atoms with E-state index in [1.165, 1.54) is 12.1 Å². The van der Waals surface area contributed by atoms with Gasteiger partial charge in [-0.1, -0.05) is 0 Å². The van der Waals surface area contributed by atoms with E-state index < -0.39 is 5.82 Å². The normalized spacial score (nSPS) is 27.7. The number of hydrogen-bond acceptors (Lipinski definition) is 4. The maximum atomic E-state index is 14.0. The summed E-state index contributed by atoms with van der Waals surface area (Å²) in [5, 5.41) is 8.15. The smallest absolute Gasteiger partial charge is 0.319 e. The predicted octanol–water partition coefficient (Wildman–Crippen LogP) is 1.37. The molecule has 8 heteroatoms. The lowest BCUT2D eigenvalue weighted by atomic mass is 9.84. The first kappa shape index (κ1) is 15.2. The van der Waals surface area contributed by atoms with Gasteiger partial charge in [0.25, 0.3) is 5.91 Å². The van der Waals surface area contributed by atoms with Gasteiger partial charge in [0.15, 0.2) is 18.2 Å². The lowest BCUT2D eigenvalue weighted by Crippen LogP contribution is -2.57. The lowest BCUT2D eigenvalue weighted by molar-refractivity contribution is -0.118. The van der Waals surface area contributed by atoms with Crippen molar-refractivity contribution < 1.29 is 18.7 Å². The molecule has 1 aromatic carbocycles. The average molecular weight is 334 g/mol. The molecule has 0 radical (unpaired) electrons. The van der Waals surface area contributed by atoms with Gasteiger partial charge in [-0.15, -0.1) is 0 Å². The number of nitrogens with one attached hydrogen (secondary N) is 3. The van der Waals surface area contributed by atoms with Gasteiger partial charge < -0.3 is 25.6 Å². The number of urea groups is 1. The Morgan fingerprint density at radius 2 is 2.12 bits per heavy atom. The molecule has 4 aliphatic heterocycles. The molecule has 1 atom stereocenters. The summed E-state index contributed by atoms with van der Waals surface area (Å²) in [5.41, 5.74) is 0.500. The number of amides is 3. The highest BCUT2D eigenvalue weighted by Crippen LogP contribution is 2.34. The van der Waals surface area contributed by atoms with E-state index in [4.69, 9.17) is 4.74 Å². The zero-order valence-corrected chi connectivity index (χ0v) is 13.1. The first-order valence-electron chi connectivity index (χ1n) is 8.14. The minimum atomic E-state index is -0.620. The minimum Gasteiger partial charge on any atom is -0.478 e. The summed E-state index contributed by atoms with van der Waals surface area (Å²) in [5.74, 6) is -0.465. The van der Waals surface area contributed by atoms with E-state index in [-0.39, 0.29) is 41.7 Å². The van der Waals surface area contributed by atoms with E-state index in [2.05, 4.69) is 20.9 Å². The second kappa shape index (κ2) is 5.94. The molecule has 0 unspecified atom stereocenters. The molecular formula is C16H19FN4O3. The molecule has 0 saturated carbocycles. The first-order chi connectivity index (χ1) is 11.6. The number of nitrogens with zero attached hydrogens (tertiary/aromatic N) is 1. The van der Waals surface area contributed by atoms with Crippen molar-refractivity contribution in [3.8, 4) is 5.75 Å². The second-order valence-electron chi connectivity index (χ2n) is 6.51. The molecule has 3 saturated heterocycles. The van der Waals surface area contributed by atoms with Gasteiger partial charge in [0.2, 0.25) is 0 Å². The molecule has 4 aliphatic rings. The van der Waals surface area contributed by atoms with E-state index in [1.807, 2.05) is 0 Å². The summed E-state index contributed by atoms with van der Waals surface area (Å²) in [6.45, 7) is 2.84. The molecule has 0 aromatic heterocycles. The van der Waals surface area contributed by atoms with Gasteiger partial charge in [0.05, 0.1) is 5.69 Å². The van der Waals surface area contributed by atoms with Crippen LogP contribution in [0.2, 0.25) is 0 Å². The number of ether oxygens (including phenoxy) is 1. The van der Waals surface area contributed by atoms with Crippen molar-refractivity contribution in [3.05, 3.63) is 17.9 Å². The molecule has 128 valence electrons. The zero-order chi connectivity index (χ0) is 16.7. The van der Waals surface area contributed by atoms with Crippen LogP contribution in [0.15, 0.2) is 12.1 Å². The monoisotopic (exact) mass is 334 g/mol. The molecule has 24 heavy (non-hydrogen) atoms. The van der Waals surface area contributed by atoms with Crippen molar-refractivity contribution in [2.75, 3.05) is 36.9 Å². The number of carbonyl (C=O) groups excluding carboxylic acids is 2. The minimum absolute atomic E-state index is 0.00190. The van der Waals surface area contributed by atoms with Crippen molar-refractivity contribution in [2.45, 2.75) is 18.9 Å². The molecule has 3 fully saturated rings. The number of hydrogen-bond donors (Lipinski definition) is 3. The van der Waals surface area contributed by atoms with Crippen molar-refractivity contribution in [3.63, 3.8) is 0 Å². The predicted molar refractivity (Wildman–Crippen MR) is 85.6 cm³/mol. The fourth-order valence-corrected chi connectivity index (χ4v) is 3.69. The molecule has 0 spiro atoms. The third-order valence-corrected chi connectivity index (χ3v) is 4.90. The van der Waals surface area contributed by atoms with Crippen LogP contribution in [0, 0.1) is 11.7 Å². The van der Waals surface area contributed by atoms with Crippen molar-refractivity contribution >= 4 is 23.3 Å². The van der Waals surface area contributed by atoms with Crippen LogP contribution in [0.1, 0.15) is 12.8 Å². The Hall–Kier alpha value is -2.35. The molecular weight excluding hydrogens is 315 g/mol. The third kappa shape index (κ3) is 2.89. The molecule has 2 bridgehead atoms. The Kier molecular flexibility index (Phi) is 3.76. The number of fused-ring (bicyclic) bond motifs is 4. The fourth-order valence-electron chi connectivity index (χ4n) is 3.69. The summed E-state index contributed by atoms with van der Waals surface area (Å²) >= 11 is 0. The zero-order valence-electron chi connectivity index (χ0n) is 13.1. The van der Waals surface area contributed by atoms with Crippen LogP contribution in [-0.2, 0) is 4.79 Å². The number of halogens is 1. The second-order valence-corrected chi connectivity index (χ2v) is 6.51. The van der Waals surface area contributed by atoms with Crippen LogP contribution in [0.25, 0.3) is 0 Å². The Morgan fingerprint density at radius 1 is 1.33 bits per heavy atom. The highest BCUT2D eigenvalue weighted by molar-refractivity contribution is 5.97. The third-order valence-electron chi connectivity index (χ3n) is 4.90. The summed E-state index contributed by atoms with van der Waals surface area (Å²) in [4.78, 5) is 25.9. The van der Waals surface area contributed by atoms with E-state index in [0.717, 1.165) is 32.5 Å². The van der Waals surface area contributed by atoms with E-state index in [0.29, 0.717) is 5.92 Å². The number of benzene rings is 1. The Morgan fingerprint density at radius 3 is 2.83 bits per heavy atom. The molecule has 1 aromatic rings. The van der Waals surface area contributed by atoms with Crippen LogP contribution in [0.5, 0.6) is 5.75 Å². The number of anilines is 2. The maximum absolute atomic E-state index is 14.0. The molecule has 3 amide bonds. The standard InChI is InChI=1S/C16H19FN4O3/c17-11-5-10(6-12-15(11)24-8-14(22)19-12)18-16(23)20-13-7-21-3-1-9(13)2-4-21/h5-6,9,13H,1-4,7-8H2,(H,19,22)(H2,18,20,23)/t13-/m0/s1. The molecule has 3 N–H and O–H groups in total. The number of carbonyl (C=O) groups is 2. The van der Waals surface area contributed by atoms with Gasteiger partial charge in [-0.3, -0.25) is 4.79 Å². The molecule has 5 rings (SSSR count). The summed E-state index contributed by atoms with van der Waals surface area (Å²) in [6.07, 6.45) is 2.20. The average Bonchev–Trinajstić information content (AvgIpc) is 2.55. The lowest BCUT2D eigenvalue weighted by Gasteiger charge is -2.44. The maximum Gasteiger partial charge on any atom is 0.319 e. The van der Waals surface area contributed by atoms with Crippen LogP contribution < -0.4 is 20.7 Å². The SMILES string of the molecule is O=C1COc2c(F)cc(NC(=O)N[C@H]3CN4CCC3CC4)cc2N1. The summed E-state index contributed by atoms with van der Waals surface area (Å²) < 4.78 is 19.1. The largest absolute Gasteiger partial charge is 0.478 e. The Labute approximate surface area is 138 Å². The highest BCUT2D eigenvalue weighted by atomic mass is 19.1. The summed E-state index contributed by atoms with van der Waals surface area (Å²) in [7, 11) is 0.